The van der Waals surface area contributed by atoms with E-state index in [4.69, 9.17) is 14.0 Å². The summed E-state index contributed by atoms with van der Waals surface area (Å²) in [6.07, 6.45) is 4.79. The van der Waals surface area contributed by atoms with Gasteiger partial charge in [-0.2, -0.15) is 0 Å². The molecule has 0 spiro atoms. The molecular formula is C30H34N6O4. The van der Waals surface area contributed by atoms with Crippen molar-refractivity contribution < 1.29 is 18.8 Å². The van der Waals surface area contributed by atoms with Crippen molar-refractivity contribution in [3.8, 4) is 17.6 Å². The van der Waals surface area contributed by atoms with Crippen LogP contribution in [-0.4, -0.2) is 64.9 Å². The second-order valence-corrected chi connectivity index (χ2v) is 10.6. The van der Waals surface area contributed by atoms with Gasteiger partial charge in [-0.15, -0.1) is 0 Å². The zero-order valence-electron chi connectivity index (χ0n) is 23.1. The quantitative estimate of drug-likeness (QED) is 0.256. The number of fused-ring (bicyclic) bond motifs is 1. The Balaban J connectivity index is 1.12. The van der Waals surface area contributed by atoms with Crippen LogP contribution in [0.2, 0.25) is 0 Å². The van der Waals surface area contributed by atoms with Gasteiger partial charge in [0.1, 0.15) is 22.9 Å². The number of nitrogens with zero attached hydrogens (tertiary/aromatic N) is 4. The Bertz CT molecular complexity index is 1500. The molecule has 10 heteroatoms. The van der Waals surface area contributed by atoms with Crippen molar-refractivity contribution in [3.05, 3.63) is 71.9 Å². The van der Waals surface area contributed by atoms with Crippen molar-refractivity contribution in [1.29, 1.82) is 0 Å². The van der Waals surface area contributed by atoms with Crippen molar-refractivity contribution in [2.45, 2.75) is 32.6 Å². The molecule has 5 rings (SSSR count). The maximum atomic E-state index is 12.3. The predicted octanol–water partition coefficient (Wildman–Crippen LogP) is 4.76. The van der Waals surface area contributed by atoms with Crippen LogP contribution in [0.15, 0.2) is 59.4 Å². The number of carbonyl (C=O) groups is 1. The van der Waals surface area contributed by atoms with Gasteiger partial charge >= 0.3 is 6.03 Å². The van der Waals surface area contributed by atoms with Gasteiger partial charge in [0.25, 0.3) is 0 Å². The highest BCUT2D eigenvalue weighted by Gasteiger charge is 2.20. The van der Waals surface area contributed by atoms with Crippen molar-refractivity contribution in [2.75, 3.05) is 50.1 Å². The first-order valence-electron chi connectivity index (χ1n) is 13.4. The molecule has 2 N–H and O–H groups in total. The molecule has 1 fully saturated rings. The molecule has 1 aromatic carbocycles. The number of hydrogen-bond donors (Lipinski definition) is 2. The van der Waals surface area contributed by atoms with Crippen LogP contribution in [0.25, 0.3) is 5.65 Å². The normalized spacial score (nSPS) is 14.0. The van der Waals surface area contributed by atoms with Crippen LogP contribution in [0.5, 0.6) is 5.75 Å². The summed E-state index contributed by atoms with van der Waals surface area (Å²) in [5, 5.41) is 9.36. The first-order valence-corrected chi connectivity index (χ1v) is 13.4. The molecule has 1 aliphatic heterocycles. The second-order valence-electron chi connectivity index (χ2n) is 10.6. The Labute approximate surface area is 233 Å². The molecule has 4 aromatic rings. The van der Waals surface area contributed by atoms with E-state index in [0.29, 0.717) is 29.6 Å². The lowest BCUT2D eigenvalue weighted by Gasteiger charge is -2.26. The number of nitrogens with one attached hydrogen (secondary N) is 2. The largest absolute Gasteiger partial charge is 0.493 e. The van der Waals surface area contributed by atoms with Gasteiger partial charge in [0.15, 0.2) is 5.82 Å². The second kappa shape index (κ2) is 12.2. The van der Waals surface area contributed by atoms with Crippen molar-refractivity contribution in [2.24, 2.45) is 0 Å². The summed E-state index contributed by atoms with van der Waals surface area (Å²) < 4.78 is 18.6. The summed E-state index contributed by atoms with van der Waals surface area (Å²) in [5.74, 6) is 8.09. The smallest absolute Gasteiger partial charge is 0.324 e. The van der Waals surface area contributed by atoms with E-state index in [2.05, 4.69) is 37.5 Å². The molecule has 0 bridgehead atoms. The van der Waals surface area contributed by atoms with E-state index >= 15 is 0 Å². The van der Waals surface area contributed by atoms with Crippen molar-refractivity contribution in [3.63, 3.8) is 0 Å². The number of amides is 2. The van der Waals surface area contributed by atoms with Crippen LogP contribution >= 0.6 is 0 Å². The van der Waals surface area contributed by atoms with Crippen LogP contribution in [-0.2, 0) is 10.2 Å². The van der Waals surface area contributed by atoms with E-state index in [0.717, 1.165) is 56.2 Å². The lowest BCUT2D eigenvalue weighted by molar-refractivity contribution is 0.0358. The van der Waals surface area contributed by atoms with Crippen LogP contribution in [0.1, 0.15) is 44.2 Å². The van der Waals surface area contributed by atoms with E-state index in [1.165, 1.54) is 0 Å². The number of carbonyl (C=O) groups excluding carboxylic acids is 1. The monoisotopic (exact) mass is 542 g/mol. The van der Waals surface area contributed by atoms with Crippen LogP contribution in [0.4, 0.5) is 16.3 Å². The van der Waals surface area contributed by atoms with E-state index in [9.17, 15) is 4.79 Å². The summed E-state index contributed by atoms with van der Waals surface area (Å²) in [4.78, 5) is 19.3. The third kappa shape index (κ3) is 7.40. The Morgan fingerprint density at radius 3 is 2.62 bits per heavy atom. The molecule has 0 unspecified atom stereocenters. The summed E-state index contributed by atoms with van der Waals surface area (Å²) in [6.45, 7) is 11.3. The fourth-order valence-corrected chi connectivity index (χ4v) is 4.16. The number of imidazole rings is 1. The molecule has 0 saturated carbocycles. The van der Waals surface area contributed by atoms with Gasteiger partial charge in [-0.1, -0.05) is 31.8 Å². The number of hydrogen-bond acceptors (Lipinski definition) is 7. The first-order chi connectivity index (χ1) is 19.3. The number of benzene rings is 1. The summed E-state index contributed by atoms with van der Waals surface area (Å²) in [6, 6.07) is 12.4. The molecule has 0 aliphatic carbocycles. The van der Waals surface area contributed by atoms with Crippen molar-refractivity contribution in [1.82, 2.24) is 19.4 Å². The Morgan fingerprint density at radius 1 is 1.07 bits per heavy atom. The standard InChI is InChI=1S/C30H34N6O4/c1-30(2,3)26-20-27(34-40-26)33-29(37)32-23-8-5-22(6-9-23)7-10-24-21-36-13-11-25(19-28(36)31-24)39-16-4-12-35-14-17-38-18-15-35/h5-6,8-9,11,13,19-21H,4,12,14-18H2,1-3H3,(H2,32,33,34,37). The summed E-state index contributed by atoms with van der Waals surface area (Å²) in [7, 11) is 0. The van der Waals surface area contributed by atoms with Gasteiger partial charge in [0.2, 0.25) is 0 Å². The molecule has 0 radical (unpaired) electrons. The highest BCUT2D eigenvalue weighted by atomic mass is 16.5. The van der Waals surface area contributed by atoms with E-state index in [-0.39, 0.29) is 5.41 Å². The lowest BCUT2D eigenvalue weighted by Crippen LogP contribution is -2.37. The number of urea groups is 1. The molecular weight excluding hydrogens is 508 g/mol. The Kier molecular flexibility index (Phi) is 8.34. The maximum Gasteiger partial charge on any atom is 0.324 e. The van der Waals surface area contributed by atoms with E-state index in [1.807, 2.05) is 61.8 Å². The third-order valence-electron chi connectivity index (χ3n) is 6.39. The van der Waals surface area contributed by atoms with Gasteiger partial charge in [0, 0.05) is 60.8 Å². The number of pyridine rings is 1. The maximum absolute atomic E-state index is 12.3. The van der Waals surface area contributed by atoms with E-state index in [1.54, 1.807) is 18.2 Å². The zero-order chi connectivity index (χ0) is 28.0. The minimum Gasteiger partial charge on any atom is -0.493 e. The Morgan fingerprint density at radius 2 is 1.88 bits per heavy atom. The fourth-order valence-electron chi connectivity index (χ4n) is 4.16. The minimum atomic E-state index is -0.405. The van der Waals surface area contributed by atoms with Gasteiger partial charge in [-0.3, -0.25) is 10.2 Å². The lowest BCUT2D eigenvalue weighted by atomic mass is 9.93. The molecule has 2 amide bonds. The predicted molar refractivity (Wildman–Crippen MR) is 153 cm³/mol. The number of rotatable bonds is 7. The molecule has 40 heavy (non-hydrogen) atoms. The van der Waals surface area contributed by atoms with Crippen LogP contribution in [0, 0.1) is 11.8 Å². The van der Waals surface area contributed by atoms with Gasteiger partial charge in [-0.05, 0) is 42.7 Å². The molecule has 0 atom stereocenters. The minimum absolute atomic E-state index is 0.190. The molecule has 1 saturated heterocycles. The highest BCUT2D eigenvalue weighted by molar-refractivity contribution is 5.99. The van der Waals surface area contributed by atoms with Gasteiger partial charge in [-0.25, -0.2) is 9.78 Å². The average Bonchev–Trinajstić information content (AvgIpc) is 3.58. The SMILES string of the molecule is CC(C)(C)c1cc(NC(=O)Nc2ccc(C#Cc3cn4ccc(OCCCN5CCOCC5)cc4n3)cc2)no1. The summed E-state index contributed by atoms with van der Waals surface area (Å²) >= 11 is 0. The Hall–Kier alpha value is -4.33. The van der Waals surface area contributed by atoms with Crippen molar-refractivity contribution >= 4 is 23.2 Å². The van der Waals surface area contributed by atoms with Crippen LogP contribution in [0.3, 0.4) is 0 Å². The molecule has 208 valence electrons. The first kappa shape index (κ1) is 27.2. The number of aromatic nitrogens is 3. The van der Waals surface area contributed by atoms with Gasteiger partial charge in [0.05, 0.1) is 19.8 Å². The highest BCUT2D eigenvalue weighted by Crippen LogP contribution is 2.24. The zero-order valence-corrected chi connectivity index (χ0v) is 23.1. The topological polar surface area (TPSA) is 106 Å². The number of morpholine rings is 1. The fraction of sp³-hybridized carbons (Fsp3) is 0.367. The van der Waals surface area contributed by atoms with E-state index < -0.39 is 6.03 Å². The third-order valence-corrected chi connectivity index (χ3v) is 6.39. The molecule has 3 aromatic heterocycles. The molecule has 4 heterocycles. The summed E-state index contributed by atoms with van der Waals surface area (Å²) in [5.41, 5.74) is 2.69. The van der Waals surface area contributed by atoms with Gasteiger partial charge < -0.3 is 23.7 Å². The van der Waals surface area contributed by atoms with Crippen LogP contribution < -0.4 is 15.4 Å². The molecule has 10 nitrogen and oxygen atoms in total. The average molecular weight is 543 g/mol. The number of anilines is 2. The molecule has 1 aliphatic rings. The number of ether oxygens (including phenoxy) is 2.